The number of hydrogen-bond donors (Lipinski definition) is 1. The van der Waals surface area contributed by atoms with Crippen molar-refractivity contribution in [2.24, 2.45) is 0 Å². The molecule has 2 aromatic carbocycles. The molecule has 0 unspecified atom stereocenters. The lowest BCUT2D eigenvalue weighted by molar-refractivity contribution is -0.486. The van der Waals surface area contributed by atoms with Crippen LogP contribution in [-0.4, -0.2) is 29.5 Å². The Hall–Kier alpha value is -3.15. The highest BCUT2D eigenvalue weighted by atomic mass is 16.6. The first kappa shape index (κ1) is 16.7. The zero-order valence-electron chi connectivity index (χ0n) is 14.0. The Bertz CT molecular complexity index is 930. The SMILES string of the molecule is COC(=O)[C@](C[N+](=O)[O-])(c1ccc(C)cc1)c1c[nH]c2ccccc12. The van der Waals surface area contributed by atoms with Crippen molar-refractivity contribution < 1.29 is 14.5 Å². The number of methoxy groups -OCH3 is 1. The van der Waals surface area contributed by atoms with Crippen LogP contribution >= 0.6 is 0 Å². The van der Waals surface area contributed by atoms with E-state index >= 15 is 0 Å². The summed E-state index contributed by atoms with van der Waals surface area (Å²) >= 11 is 0. The number of para-hydroxylation sites is 1. The second kappa shape index (κ2) is 6.39. The molecule has 1 atom stereocenters. The molecule has 1 heterocycles. The highest BCUT2D eigenvalue weighted by Gasteiger charge is 2.49. The van der Waals surface area contributed by atoms with E-state index in [0.717, 1.165) is 16.5 Å². The summed E-state index contributed by atoms with van der Waals surface area (Å²) < 4.78 is 5.02. The molecule has 3 aromatic rings. The molecule has 128 valence electrons. The summed E-state index contributed by atoms with van der Waals surface area (Å²) in [7, 11) is 1.25. The highest BCUT2D eigenvalue weighted by Crippen LogP contribution is 2.38. The van der Waals surface area contributed by atoms with Crippen LogP contribution in [0.5, 0.6) is 0 Å². The smallest absolute Gasteiger partial charge is 0.327 e. The second-order valence-corrected chi connectivity index (χ2v) is 6.00. The Balaban J connectivity index is 2.35. The van der Waals surface area contributed by atoms with Gasteiger partial charge in [0.2, 0.25) is 6.54 Å². The van der Waals surface area contributed by atoms with Crippen LogP contribution in [0.3, 0.4) is 0 Å². The van der Waals surface area contributed by atoms with Gasteiger partial charge in [-0.1, -0.05) is 48.0 Å². The number of aromatic nitrogens is 1. The van der Waals surface area contributed by atoms with Crippen molar-refractivity contribution in [2.75, 3.05) is 13.7 Å². The van der Waals surface area contributed by atoms with Crippen molar-refractivity contribution in [3.05, 3.63) is 81.5 Å². The van der Waals surface area contributed by atoms with Crippen molar-refractivity contribution in [1.29, 1.82) is 0 Å². The van der Waals surface area contributed by atoms with Gasteiger partial charge in [0, 0.05) is 27.6 Å². The number of aromatic amines is 1. The highest BCUT2D eigenvalue weighted by molar-refractivity contribution is 5.95. The van der Waals surface area contributed by atoms with Crippen LogP contribution in [-0.2, 0) is 14.9 Å². The molecule has 0 bridgehead atoms. The van der Waals surface area contributed by atoms with Gasteiger partial charge in [-0.15, -0.1) is 0 Å². The van der Waals surface area contributed by atoms with Crippen molar-refractivity contribution in [1.82, 2.24) is 4.98 Å². The maximum atomic E-state index is 12.9. The molecule has 0 radical (unpaired) electrons. The monoisotopic (exact) mass is 338 g/mol. The topological polar surface area (TPSA) is 85.2 Å². The molecule has 0 aliphatic rings. The minimum Gasteiger partial charge on any atom is -0.468 e. The molecule has 6 heteroatoms. The molecule has 25 heavy (non-hydrogen) atoms. The number of benzene rings is 2. The number of ether oxygens (including phenoxy) is 1. The molecule has 0 spiro atoms. The maximum Gasteiger partial charge on any atom is 0.327 e. The third-order valence-corrected chi connectivity index (χ3v) is 4.49. The van der Waals surface area contributed by atoms with Gasteiger partial charge < -0.3 is 9.72 Å². The number of carbonyl (C=O) groups excluding carboxylic acids is 1. The second-order valence-electron chi connectivity index (χ2n) is 6.00. The normalized spacial score (nSPS) is 13.4. The molecule has 6 nitrogen and oxygen atoms in total. The van der Waals surface area contributed by atoms with Crippen molar-refractivity contribution in [3.8, 4) is 0 Å². The van der Waals surface area contributed by atoms with E-state index in [1.165, 1.54) is 7.11 Å². The van der Waals surface area contributed by atoms with Gasteiger partial charge in [-0.3, -0.25) is 14.9 Å². The third kappa shape index (κ3) is 2.76. The number of aryl methyl sites for hydroxylation is 1. The summed E-state index contributed by atoms with van der Waals surface area (Å²) in [6, 6.07) is 14.6. The number of nitrogens with one attached hydrogen (secondary N) is 1. The minimum atomic E-state index is -1.52. The molecule has 0 saturated carbocycles. The maximum absolute atomic E-state index is 12.9. The van der Waals surface area contributed by atoms with Gasteiger partial charge in [-0.25, -0.2) is 0 Å². The first-order valence-electron chi connectivity index (χ1n) is 7.83. The number of nitro groups is 1. The Kier molecular flexibility index (Phi) is 4.27. The molecule has 1 aromatic heterocycles. The van der Waals surface area contributed by atoms with E-state index in [1.807, 2.05) is 43.3 Å². The van der Waals surface area contributed by atoms with Crippen LogP contribution in [0.4, 0.5) is 0 Å². The van der Waals surface area contributed by atoms with Crippen LogP contribution in [0.2, 0.25) is 0 Å². The summed E-state index contributed by atoms with van der Waals surface area (Å²) in [4.78, 5) is 27.0. The minimum absolute atomic E-state index is 0.474. The Morgan fingerprint density at radius 1 is 1.20 bits per heavy atom. The van der Waals surface area contributed by atoms with Gasteiger partial charge in [-0.2, -0.15) is 0 Å². The Labute approximate surface area is 144 Å². The number of rotatable bonds is 5. The van der Waals surface area contributed by atoms with E-state index in [9.17, 15) is 14.9 Å². The molecule has 0 aliphatic carbocycles. The summed E-state index contributed by atoms with van der Waals surface area (Å²) in [5, 5.41) is 12.3. The fraction of sp³-hybridized carbons (Fsp3) is 0.211. The molecule has 0 fully saturated rings. The lowest BCUT2D eigenvalue weighted by Gasteiger charge is -2.27. The van der Waals surface area contributed by atoms with Crippen LogP contribution in [0.15, 0.2) is 54.7 Å². The Morgan fingerprint density at radius 3 is 2.52 bits per heavy atom. The first-order chi connectivity index (χ1) is 12.0. The average Bonchev–Trinajstić information content (AvgIpc) is 3.04. The number of esters is 1. The number of hydrogen-bond acceptors (Lipinski definition) is 4. The lowest BCUT2D eigenvalue weighted by Crippen LogP contribution is -2.44. The zero-order chi connectivity index (χ0) is 18.0. The van der Waals surface area contributed by atoms with Gasteiger partial charge in [0.25, 0.3) is 0 Å². The third-order valence-electron chi connectivity index (χ3n) is 4.49. The number of H-pyrrole nitrogens is 1. The van der Waals surface area contributed by atoms with E-state index in [0.29, 0.717) is 11.1 Å². The first-order valence-corrected chi connectivity index (χ1v) is 7.83. The van der Waals surface area contributed by atoms with E-state index in [4.69, 9.17) is 4.74 Å². The van der Waals surface area contributed by atoms with Crippen LogP contribution < -0.4 is 0 Å². The fourth-order valence-corrected chi connectivity index (χ4v) is 3.25. The van der Waals surface area contributed by atoms with Gasteiger partial charge in [-0.05, 0) is 18.6 Å². The van der Waals surface area contributed by atoms with E-state index in [1.54, 1.807) is 18.3 Å². The quantitative estimate of drug-likeness (QED) is 0.440. The van der Waals surface area contributed by atoms with Crippen molar-refractivity contribution in [3.63, 3.8) is 0 Å². The van der Waals surface area contributed by atoms with Gasteiger partial charge in [0.1, 0.15) is 0 Å². The number of fused-ring (bicyclic) bond motifs is 1. The molecule has 0 saturated heterocycles. The van der Waals surface area contributed by atoms with E-state index < -0.39 is 22.9 Å². The summed E-state index contributed by atoms with van der Waals surface area (Å²) in [6.45, 7) is 1.33. The summed E-state index contributed by atoms with van der Waals surface area (Å²) in [5.74, 6) is -0.655. The van der Waals surface area contributed by atoms with Gasteiger partial charge >= 0.3 is 5.97 Å². The van der Waals surface area contributed by atoms with Crippen molar-refractivity contribution in [2.45, 2.75) is 12.3 Å². The zero-order valence-corrected chi connectivity index (χ0v) is 14.0. The molecular formula is C19H18N2O4. The summed E-state index contributed by atoms with van der Waals surface area (Å²) in [6.07, 6.45) is 1.66. The molecule has 0 amide bonds. The standard InChI is InChI=1S/C19H18N2O4/c1-13-7-9-14(10-8-13)19(12-21(23)24,18(22)25-2)16-11-20-17-6-4-3-5-15(16)17/h3-11,20H,12H2,1-2H3/t19-/m1/s1. The largest absolute Gasteiger partial charge is 0.468 e. The van der Waals surface area contributed by atoms with E-state index in [2.05, 4.69) is 4.98 Å². The summed E-state index contributed by atoms with van der Waals surface area (Å²) in [5.41, 5.74) is 1.36. The van der Waals surface area contributed by atoms with E-state index in [-0.39, 0.29) is 0 Å². The molecular weight excluding hydrogens is 320 g/mol. The molecule has 1 N–H and O–H groups in total. The fourth-order valence-electron chi connectivity index (χ4n) is 3.25. The molecule has 0 aliphatic heterocycles. The molecule has 3 rings (SSSR count). The van der Waals surface area contributed by atoms with Crippen LogP contribution in [0.1, 0.15) is 16.7 Å². The number of nitrogens with zero attached hydrogens (tertiary/aromatic N) is 1. The van der Waals surface area contributed by atoms with Gasteiger partial charge in [0.05, 0.1) is 7.11 Å². The number of carbonyl (C=O) groups is 1. The van der Waals surface area contributed by atoms with Crippen molar-refractivity contribution >= 4 is 16.9 Å². The Morgan fingerprint density at radius 2 is 1.88 bits per heavy atom. The lowest BCUT2D eigenvalue weighted by atomic mass is 9.74. The predicted molar refractivity (Wildman–Crippen MR) is 94.1 cm³/mol. The average molecular weight is 338 g/mol. The van der Waals surface area contributed by atoms with Crippen LogP contribution in [0.25, 0.3) is 10.9 Å². The van der Waals surface area contributed by atoms with Gasteiger partial charge in [0.15, 0.2) is 5.41 Å². The predicted octanol–water partition coefficient (Wildman–Crippen LogP) is 3.21. The van der Waals surface area contributed by atoms with Crippen LogP contribution in [0, 0.1) is 17.0 Å².